The predicted molar refractivity (Wildman–Crippen MR) is 98.7 cm³/mol. The lowest BCUT2D eigenvalue weighted by Gasteiger charge is -2.32. The van der Waals surface area contributed by atoms with Crippen molar-refractivity contribution in [1.82, 2.24) is 9.80 Å². The number of aliphatic carboxylic acids is 1. The number of likely N-dealkylation sites (N-methyl/N-ethyl adjacent to an activating group) is 1. The van der Waals surface area contributed by atoms with Crippen molar-refractivity contribution in [2.75, 3.05) is 39.8 Å². The molecule has 1 atom stereocenters. The molecule has 1 aliphatic heterocycles. The number of carbonyl (C=O) groups is 2. The molecule has 0 aromatic heterocycles. The highest BCUT2D eigenvalue weighted by Gasteiger charge is 2.24. The molecule has 1 saturated heterocycles. The van der Waals surface area contributed by atoms with Crippen molar-refractivity contribution in [2.24, 2.45) is 5.92 Å². The summed E-state index contributed by atoms with van der Waals surface area (Å²) >= 11 is 3.37. The summed E-state index contributed by atoms with van der Waals surface area (Å²) in [4.78, 5) is 26.9. The van der Waals surface area contributed by atoms with E-state index in [0.29, 0.717) is 26.2 Å². The van der Waals surface area contributed by atoms with Crippen LogP contribution in [0.3, 0.4) is 0 Å². The van der Waals surface area contributed by atoms with Crippen LogP contribution in [0.5, 0.6) is 5.75 Å². The molecule has 1 amide bonds. The number of halogens is 1. The van der Waals surface area contributed by atoms with Crippen molar-refractivity contribution < 1.29 is 19.4 Å². The van der Waals surface area contributed by atoms with Gasteiger partial charge in [-0.1, -0.05) is 15.9 Å². The number of piperidine rings is 1. The lowest BCUT2D eigenvalue weighted by molar-refractivity contribution is -0.138. The van der Waals surface area contributed by atoms with Gasteiger partial charge in [0.1, 0.15) is 12.4 Å². The van der Waals surface area contributed by atoms with Gasteiger partial charge < -0.3 is 14.7 Å². The van der Waals surface area contributed by atoms with Crippen molar-refractivity contribution in [3.63, 3.8) is 0 Å². The zero-order valence-electron chi connectivity index (χ0n) is 14.5. The summed E-state index contributed by atoms with van der Waals surface area (Å²) in [6.07, 6.45) is 2.05. The number of amides is 1. The Labute approximate surface area is 156 Å². The average Bonchev–Trinajstić information content (AvgIpc) is 2.56. The van der Waals surface area contributed by atoms with Crippen LogP contribution < -0.4 is 4.74 Å². The van der Waals surface area contributed by atoms with E-state index in [9.17, 15) is 9.59 Å². The normalized spacial score (nSPS) is 17.9. The Kier molecular flexibility index (Phi) is 7.71. The van der Waals surface area contributed by atoms with Crippen molar-refractivity contribution in [2.45, 2.75) is 19.3 Å². The van der Waals surface area contributed by atoms with Gasteiger partial charge in [-0.15, -0.1) is 0 Å². The largest absolute Gasteiger partial charge is 0.492 e. The quantitative estimate of drug-likeness (QED) is 0.709. The van der Waals surface area contributed by atoms with Crippen LogP contribution in [0.4, 0.5) is 0 Å². The first-order chi connectivity index (χ1) is 11.9. The zero-order chi connectivity index (χ0) is 18.2. The third-order valence-electron chi connectivity index (χ3n) is 4.36. The minimum absolute atomic E-state index is 0.0374. The SMILES string of the molecule is CN(CCOc1ccc(Br)cc1)C(=O)CN1CCC[C@H](CC(=O)O)C1. The van der Waals surface area contributed by atoms with Gasteiger partial charge in [0.05, 0.1) is 13.1 Å². The number of hydrogen-bond acceptors (Lipinski definition) is 4. The molecular formula is C18H25BrN2O4. The van der Waals surface area contributed by atoms with Crippen LogP contribution in [-0.4, -0.2) is 66.6 Å². The van der Waals surface area contributed by atoms with E-state index in [1.807, 2.05) is 24.3 Å². The van der Waals surface area contributed by atoms with Crippen LogP contribution >= 0.6 is 15.9 Å². The number of nitrogens with zero attached hydrogens (tertiary/aromatic N) is 2. The Morgan fingerprint density at radius 2 is 2.08 bits per heavy atom. The molecule has 1 aromatic carbocycles. The molecule has 6 nitrogen and oxygen atoms in total. The average molecular weight is 413 g/mol. The summed E-state index contributed by atoms with van der Waals surface area (Å²) in [7, 11) is 1.77. The Bertz CT molecular complexity index is 579. The molecule has 138 valence electrons. The Morgan fingerprint density at radius 1 is 1.36 bits per heavy atom. The molecule has 1 heterocycles. The Morgan fingerprint density at radius 3 is 2.76 bits per heavy atom. The summed E-state index contributed by atoms with van der Waals surface area (Å²) in [6.45, 7) is 2.82. The second-order valence-corrected chi connectivity index (χ2v) is 7.37. The molecule has 25 heavy (non-hydrogen) atoms. The van der Waals surface area contributed by atoms with Gasteiger partial charge in [-0.25, -0.2) is 0 Å². The monoisotopic (exact) mass is 412 g/mol. The maximum Gasteiger partial charge on any atom is 0.303 e. The molecular weight excluding hydrogens is 388 g/mol. The molecule has 2 rings (SSSR count). The number of ether oxygens (including phenoxy) is 1. The number of carboxylic acids is 1. The van der Waals surface area contributed by atoms with Gasteiger partial charge in [-0.2, -0.15) is 0 Å². The van der Waals surface area contributed by atoms with E-state index < -0.39 is 5.97 Å². The lowest BCUT2D eigenvalue weighted by Crippen LogP contribution is -2.44. The van der Waals surface area contributed by atoms with Crippen molar-refractivity contribution in [3.8, 4) is 5.75 Å². The minimum atomic E-state index is -0.764. The van der Waals surface area contributed by atoms with E-state index >= 15 is 0 Å². The van der Waals surface area contributed by atoms with Gasteiger partial charge in [0, 0.05) is 24.5 Å². The van der Waals surface area contributed by atoms with Crippen molar-refractivity contribution in [1.29, 1.82) is 0 Å². The highest BCUT2D eigenvalue weighted by molar-refractivity contribution is 9.10. The summed E-state index contributed by atoms with van der Waals surface area (Å²) < 4.78 is 6.63. The van der Waals surface area contributed by atoms with Gasteiger partial charge in [0.2, 0.25) is 5.91 Å². The second-order valence-electron chi connectivity index (χ2n) is 6.46. The van der Waals surface area contributed by atoms with Crippen LogP contribution in [0.25, 0.3) is 0 Å². The van der Waals surface area contributed by atoms with Crippen LogP contribution in [0.1, 0.15) is 19.3 Å². The predicted octanol–water partition coefficient (Wildman–Crippen LogP) is 2.47. The molecule has 0 unspecified atom stereocenters. The fraction of sp³-hybridized carbons (Fsp3) is 0.556. The second kappa shape index (κ2) is 9.77. The number of hydrogen-bond donors (Lipinski definition) is 1. The molecule has 7 heteroatoms. The van der Waals surface area contributed by atoms with Crippen LogP contribution in [0.2, 0.25) is 0 Å². The third-order valence-corrected chi connectivity index (χ3v) is 4.89. The van der Waals surface area contributed by atoms with Crippen molar-refractivity contribution in [3.05, 3.63) is 28.7 Å². The van der Waals surface area contributed by atoms with E-state index in [0.717, 1.165) is 29.6 Å². The standard InChI is InChI=1S/C18H25BrN2O4/c1-20(9-10-25-16-6-4-15(19)5-7-16)17(22)13-21-8-2-3-14(12-21)11-18(23)24/h4-7,14H,2-3,8-13H2,1H3,(H,23,24)/t14-/m1/s1. The number of likely N-dealkylation sites (tertiary alicyclic amines) is 1. The van der Waals surface area contributed by atoms with E-state index in [2.05, 4.69) is 20.8 Å². The molecule has 0 spiro atoms. The molecule has 0 saturated carbocycles. The Balaban J connectivity index is 1.70. The molecule has 1 aromatic rings. The molecule has 1 aliphatic rings. The van der Waals surface area contributed by atoms with E-state index in [4.69, 9.17) is 9.84 Å². The molecule has 1 N–H and O–H groups in total. The van der Waals surface area contributed by atoms with Crippen LogP contribution in [0.15, 0.2) is 28.7 Å². The number of carbonyl (C=O) groups excluding carboxylic acids is 1. The summed E-state index contributed by atoms with van der Waals surface area (Å²) in [6, 6.07) is 7.58. The number of rotatable bonds is 8. The molecule has 1 fully saturated rings. The highest BCUT2D eigenvalue weighted by atomic mass is 79.9. The number of carboxylic acid groups (broad SMARTS) is 1. The van der Waals surface area contributed by atoms with E-state index in [-0.39, 0.29) is 18.2 Å². The zero-order valence-corrected chi connectivity index (χ0v) is 16.1. The lowest BCUT2D eigenvalue weighted by atomic mass is 9.95. The van der Waals surface area contributed by atoms with Gasteiger partial charge in [0.25, 0.3) is 0 Å². The summed E-state index contributed by atoms with van der Waals surface area (Å²) in [5.74, 6) is 0.192. The van der Waals surface area contributed by atoms with Gasteiger partial charge in [-0.3, -0.25) is 14.5 Å². The van der Waals surface area contributed by atoms with Gasteiger partial charge in [-0.05, 0) is 49.6 Å². The van der Waals surface area contributed by atoms with Gasteiger partial charge in [0.15, 0.2) is 0 Å². The fourth-order valence-electron chi connectivity index (χ4n) is 2.98. The fourth-order valence-corrected chi connectivity index (χ4v) is 3.24. The first-order valence-electron chi connectivity index (χ1n) is 8.50. The smallest absolute Gasteiger partial charge is 0.303 e. The van der Waals surface area contributed by atoms with E-state index in [1.165, 1.54) is 0 Å². The molecule has 0 radical (unpaired) electrons. The van der Waals surface area contributed by atoms with Crippen LogP contribution in [0, 0.1) is 5.92 Å². The maximum absolute atomic E-state index is 12.3. The topological polar surface area (TPSA) is 70.1 Å². The maximum atomic E-state index is 12.3. The van der Waals surface area contributed by atoms with Crippen molar-refractivity contribution >= 4 is 27.8 Å². The van der Waals surface area contributed by atoms with Gasteiger partial charge >= 0.3 is 5.97 Å². The molecule has 0 bridgehead atoms. The summed E-state index contributed by atoms with van der Waals surface area (Å²) in [5, 5.41) is 8.92. The first kappa shape index (κ1) is 19.7. The minimum Gasteiger partial charge on any atom is -0.492 e. The highest BCUT2D eigenvalue weighted by Crippen LogP contribution is 2.19. The molecule has 0 aliphatic carbocycles. The van der Waals surface area contributed by atoms with E-state index in [1.54, 1.807) is 11.9 Å². The first-order valence-corrected chi connectivity index (χ1v) is 9.30. The van der Waals surface area contributed by atoms with Crippen LogP contribution in [-0.2, 0) is 9.59 Å². The number of benzene rings is 1. The third kappa shape index (κ3) is 7.04. The Hall–Kier alpha value is -1.60. The summed E-state index contributed by atoms with van der Waals surface area (Å²) in [5.41, 5.74) is 0.